The van der Waals surface area contributed by atoms with E-state index in [1.165, 1.54) is 12.1 Å². The van der Waals surface area contributed by atoms with Crippen molar-refractivity contribution in [1.82, 2.24) is 5.32 Å². The number of nitrogens with one attached hydrogen (secondary N) is 1. The number of carbonyl (C=O) groups excluding carboxylic acids is 1. The fourth-order valence-electron chi connectivity index (χ4n) is 1.82. The highest BCUT2D eigenvalue weighted by molar-refractivity contribution is 9.10. The Bertz CT molecular complexity index is 635. The number of hydrogen-bond acceptors (Lipinski definition) is 1. The van der Waals surface area contributed by atoms with E-state index < -0.39 is 23.1 Å². The second-order valence-corrected chi connectivity index (χ2v) is 5.29. The smallest absolute Gasteiger partial charge is 0.257 e. The molecule has 0 aliphatic rings. The first kappa shape index (κ1) is 15.6. The molecule has 0 radical (unpaired) electrons. The van der Waals surface area contributed by atoms with Crippen LogP contribution in [0.25, 0.3) is 0 Å². The normalized spacial score (nSPS) is 10.5. The van der Waals surface area contributed by atoms with Gasteiger partial charge in [0.2, 0.25) is 0 Å². The number of hydrogen-bond donors (Lipinski definition) is 1. The SMILES string of the molecule is O=C(NCCc1ccc(F)cc1)c1c(F)cc(Br)cc1F. The molecule has 2 rings (SSSR count). The maximum Gasteiger partial charge on any atom is 0.257 e. The van der Waals surface area contributed by atoms with E-state index in [4.69, 9.17) is 0 Å². The molecule has 0 bridgehead atoms. The molecule has 110 valence electrons. The highest BCUT2D eigenvalue weighted by atomic mass is 79.9. The highest BCUT2D eigenvalue weighted by Crippen LogP contribution is 2.19. The third-order valence-corrected chi connectivity index (χ3v) is 3.30. The van der Waals surface area contributed by atoms with E-state index in [0.29, 0.717) is 6.42 Å². The van der Waals surface area contributed by atoms with Gasteiger partial charge >= 0.3 is 0 Å². The first-order valence-electron chi connectivity index (χ1n) is 6.14. The lowest BCUT2D eigenvalue weighted by atomic mass is 10.1. The molecule has 0 saturated heterocycles. The molecule has 2 aromatic rings. The lowest BCUT2D eigenvalue weighted by molar-refractivity contribution is 0.0945. The van der Waals surface area contributed by atoms with Crippen LogP contribution < -0.4 is 5.32 Å². The minimum Gasteiger partial charge on any atom is -0.352 e. The van der Waals surface area contributed by atoms with Crippen molar-refractivity contribution in [2.45, 2.75) is 6.42 Å². The van der Waals surface area contributed by atoms with E-state index in [1.54, 1.807) is 12.1 Å². The summed E-state index contributed by atoms with van der Waals surface area (Å²) in [6.07, 6.45) is 0.436. The molecule has 6 heteroatoms. The first-order valence-corrected chi connectivity index (χ1v) is 6.94. The zero-order valence-corrected chi connectivity index (χ0v) is 12.4. The van der Waals surface area contributed by atoms with Crippen LogP contribution in [-0.2, 0) is 6.42 Å². The van der Waals surface area contributed by atoms with E-state index in [9.17, 15) is 18.0 Å². The van der Waals surface area contributed by atoms with E-state index in [2.05, 4.69) is 21.2 Å². The minimum atomic E-state index is -0.929. The largest absolute Gasteiger partial charge is 0.352 e. The molecule has 2 nitrogen and oxygen atoms in total. The van der Waals surface area contributed by atoms with E-state index in [0.717, 1.165) is 17.7 Å². The fraction of sp³-hybridized carbons (Fsp3) is 0.133. The molecule has 0 fully saturated rings. The fourth-order valence-corrected chi connectivity index (χ4v) is 2.22. The third kappa shape index (κ3) is 4.07. The Hall–Kier alpha value is -1.82. The molecule has 21 heavy (non-hydrogen) atoms. The average molecular weight is 358 g/mol. The molecule has 0 unspecified atom stereocenters. The molecule has 1 N–H and O–H groups in total. The number of benzene rings is 2. The molecule has 0 spiro atoms. The Morgan fingerprint density at radius 3 is 2.19 bits per heavy atom. The topological polar surface area (TPSA) is 29.1 Å². The molecule has 0 saturated carbocycles. The molecular weight excluding hydrogens is 347 g/mol. The zero-order valence-electron chi connectivity index (χ0n) is 10.8. The lowest BCUT2D eigenvalue weighted by Gasteiger charge is -2.08. The Morgan fingerprint density at radius 2 is 1.62 bits per heavy atom. The predicted molar refractivity (Wildman–Crippen MR) is 76.5 cm³/mol. The first-order chi connectivity index (χ1) is 9.97. The maximum atomic E-state index is 13.6. The van der Waals surface area contributed by atoms with Crippen molar-refractivity contribution in [1.29, 1.82) is 0 Å². The standard InChI is InChI=1S/C15H11BrF3NO/c16-10-7-12(18)14(13(19)8-10)15(21)20-6-5-9-1-3-11(17)4-2-9/h1-4,7-8H,5-6H2,(H,20,21). The van der Waals surface area contributed by atoms with Crippen LogP contribution >= 0.6 is 15.9 Å². The minimum absolute atomic E-state index is 0.194. The van der Waals surface area contributed by atoms with Crippen LogP contribution in [0.5, 0.6) is 0 Å². The van der Waals surface area contributed by atoms with Gasteiger partial charge in [0.1, 0.15) is 23.0 Å². The highest BCUT2D eigenvalue weighted by Gasteiger charge is 2.17. The van der Waals surface area contributed by atoms with Crippen LogP contribution in [0.3, 0.4) is 0 Å². The average Bonchev–Trinajstić information content (AvgIpc) is 2.40. The van der Waals surface area contributed by atoms with Gasteiger partial charge in [-0.25, -0.2) is 13.2 Å². The summed E-state index contributed by atoms with van der Waals surface area (Å²) in [5, 5.41) is 2.44. The molecular formula is C15H11BrF3NO. The van der Waals surface area contributed by atoms with Gasteiger partial charge in [-0.05, 0) is 36.2 Å². The Kier molecular flexibility index (Phi) is 5.01. The zero-order chi connectivity index (χ0) is 15.4. The second-order valence-electron chi connectivity index (χ2n) is 4.38. The molecule has 0 heterocycles. The van der Waals surface area contributed by atoms with Gasteiger partial charge in [-0.2, -0.15) is 0 Å². The van der Waals surface area contributed by atoms with Crippen LogP contribution in [0.2, 0.25) is 0 Å². The second kappa shape index (κ2) is 6.76. The van der Waals surface area contributed by atoms with Crippen molar-refractivity contribution in [3.05, 3.63) is 69.4 Å². The van der Waals surface area contributed by atoms with Crippen molar-refractivity contribution < 1.29 is 18.0 Å². The molecule has 1 amide bonds. The van der Waals surface area contributed by atoms with Crippen LogP contribution in [0.4, 0.5) is 13.2 Å². The van der Waals surface area contributed by atoms with Crippen molar-refractivity contribution in [3.63, 3.8) is 0 Å². The van der Waals surface area contributed by atoms with Gasteiger partial charge in [0.05, 0.1) is 0 Å². The van der Waals surface area contributed by atoms with Crippen LogP contribution in [0.1, 0.15) is 15.9 Å². The lowest BCUT2D eigenvalue weighted by Crippen LogP contribution is -2.27. The van der Waals surface area contributed by atoms with Crippen LogP contribution in [0, 0.1) is 17.5 Å². The summed E-state index contributed by atoms with van der Waals surface area (Å²) in [7, 11) is 0. The van der Waals surface area contributed by atoms with Crippen molar-refractivity contribution in [2.75, 3.05) is 6.54 Å². The maximum absolute atomic E-state index is 13.6. The summed E-state index contributed by atoms with van der Waals surface area (Å²) in [4.78, 5) is 11.8. The van der Waals surface area contributed by atoms with Gasteiger partial charge in [-0.15, -0.1) is 0 Å². The molecule has 0 aliphatic carbocycles. The number of rotatable bonds is 4. The van der Waals surface area contributed by atoms with Crippen LogP contribution in [-0.4, -0.2) is 12.5 Å². The number of carbonyl (C=O) groups is 1. The van der Waals surface area contributed by atoms with Gasteiger partial charge in [0, 0.05) is 11.0 Å². The molecule has 0 aromatic heterocycles. The monoisotopic (exact) mass is 357 g/mol. The van der Waals surface area contributed by atoms with E-state index in [1.807, 2.05) is 0 Å². The summed E-state index contributed by atoms with van der Waals surface area (Å²) in [5.41, 5.74) is 0.200. The van der Waals surface area contributed by atoms with Gasteiger partial charge in [0.15, 0.2) is 0 Å². The summed E-state index contributed by atoms with van der Waals surface area (Å²) in [6.45, 7) is 0.194. The van der Waals surface area contributed by atoms with E-state index in [-0.39, 0.29) is 16.8 Å². The Labute approximate surface area is 128 Å². The van der Waals surface area contributed by atoms with Crippen molar-refractivity contribution >= 4 is 21.8 Å². The molecule has 0 atom stereocenters. The van der Waals surface area contributed by atoms with Crippen molar-refractivity contribution in [3.8, 4) is 0 Å². The third-order valence-electron chi connectivity index (χ3n) is 2.85. The predicted octanol–water partition coefficient (Wildman–Crippen LogP) is 3.84. The summed E-state index contributed by atoms with van der Waals surface area (Å²) >= 11 is 2.94. The Balaban J connectivity index is 1.98. The van der Waals surface area contributed by atoms with Gasteiger partial charge in [-0.1, -0.05) is 28.1 Å². The number of halogens is 4. The number of amides is 1. The molecule has 0 aliphatic heterocycles. The van der Waals surface area contributed by atoms with Gasteiger partial charge in [0.25, 0.3) is 5.91 Å². The summed E-state index contributed by atoms with van der Waals surface area (Å²) in [5.74, 6) is -3.02. The Morgan fingerprint density at radius 1 is 1.05 bits per heavy atom. The summed E-state index contributed by atoms with van der Waals surface area (Å²) < 4.78 is 40.1. The molecule has 2 aromatic carbocycles. The quantitative estimate of drug-likeness (QED) is 0.884. The van der Waals surface area contributed by atoms with Crippen molar-refractivity contribution in [2.24, 2.45) is 0 Å². The van der Waals surface area contributed by atoms with Gasteiger partial charge in [-0.3, -0.25) is 4.79 Å². The van der Waals surface area contributed by atoms with Crippen LogP contribution in [0.15, 0.2) is 40.9 Å². The summed E-state index contributed by atoms with van der Waals surface area (Å²) in [6, 6.07) is 7.84. The van der Waals surface area contributed by atoms with Gasteiger partial charge < -0.3 is 5.32 Å². The van der Waals surface area contributed by atoms with E-state index >= 15 is 0 Å².